The molecule has 1 N–H and O–H groups in total. The van der Waals surface area contributed by atoms with Crippen molar-refractivity contribution in [2.24, 2.45) is 0 Å². The van der Waals surface area contributed by atoms with E-state index in [9.17, 15) is 13.2 Å². The average Bonchev–Trinajstić information content (AvgIpc) is 2.67. The quantitative estimate of drug-likeness (QED) is 0.759. The van der Waals surface area contributed by atoms with Gasteiger partial charge in [0.15, 0.2) is 17.5 Å². The smallest absolute Gasteiger partial charge is 0.194 e. The van der Waals surface area contributed by atoms with Crippen LogP contribution in [0.5, 0.6) is 0 Å². The maximum atomic E-state index is 13.3. The van der Waals surface area contributed by atoms with Crippen LogP contribution in [-0.4, -0.2) is 7.05 Å². The van der Waals surface area contributed by atoms with E-state index in [-0.39, 0.29) is 0 Å². The third-order valence-electron chi connectivity index (χ3n) is 2.58. The third kappa shape index (κ3) is 2.97. The lowest BCUT2D eigenvalue weighted by atomic mass is 10.0. The first-order valence-corrected chi connectivity index (χ1v) is 7.19. The number of benzene rings is 1. The molecule has 1 aromatic carbocycles. The largest absolute Gasteiger partial charge is 0.309 e. The first-order valence-electron chi connectivity index (χ1n) is 5.20. The summed E-state index contributed by atoms with van der Waals surface area (Å²) >= 11 is 10.5. The van der Waals surface area contributed by atoms with Gasteiger partial charge in [-0.2, -0.15) is 0 Å². The molecule has 19 heavy (non-hydrogen) atoms. The van der Waals surface area contributed by atoms with Gasteiger partial charge in [-0.3, -0.25) is 0 Å². The van der Waals surface area contributed by atoms with E-state index in [0.29, 0.717) is 14.4 Å². The van der Waals surface area contributed by atoms with E-state index < -0.39 is 23.5 Å². The van der Waals surface area contributed by atoms with E-state index in [1.54, 1.807) is 13.1 Å². The molecule has 0 aliphatic rings. The van der Waals surface area contributed by atoms with Crippen molar-refractivity contribution in [3.63, 3.8) is 0 Å². The van der Waals surface area contributed by atoms with Crippen molar-refractivity contribution >= 4 is 38.9 Å². The van der Waals surface area contributed by atoms with Crippen LogP contribution >= 0.6 is 38.9 Å². The number of hydrogen-bond donors (Lipinski definition) is 1. The predicted octanol–water partition coefficient (Wildman–Crippen LogP) is 4.89. The van der Waals surface area contributed by atoms with Gasteiger partial charge >= 0.3 is 0 Å². The molecule has 1 atom stereocenters. The molecule has 1 heterocycles. The monoisotopic (exact) mass is 369 g/mol. The van der Waals surface area contributed by atoms with Gasteiger partial charge in [0.25, 0.3) is 0 Å². The molecule has 1 nitrogen and oxygen atoms in total. The van der Waals surface area contributed by atoms with Crippen molar-refractivity contribution in [3.05, 3.63) is 54.9 Å². The van der Waals surface area contributed by atoms with E-state index in [2.05, 4.69) is 21.2 Å². The minimum Gasteiger partial charge on any atom is -0.309 e. The van der Waals surface area contributed by atoms with Crippen LogP contribution in [0, 0.1) is 17.5 Å². The van der Waals surface area contributed by atoms with Gasteiger partial charge < -0.3 is 5.32 Å². The Kier molecular flexibility index (Phi) is 4.55. The lowest BCUT2D eigenvalue weighted by molar-refractivity contribution is 0.443. The minimum absolute atomic E-state index is 0.296. The van der Waals surface area contributed by atoms with Gasteiger partial charge in [-0.05, 0) is 46.7 Å². The van der Waals surface area contributed by atoms with Gasteiger partial charge in [-0.25, -0.2) is 13.2 Å². The normalized spacial score (nSPS) is 12.7. The molecule has 0 saturated carbocycles. The highest BCUT2D eigenvalue weighted by atomic mass is 79.9. The molecule has 2 aromatic rings. The Bertz CT molecular complexity index is 575. The van der Waals surface area contributed by atoms with Crippen molar-refractivity contribution in [2.45, 2.75) is 6.04 Å². The zero-order chi connectivity index (χ0) is 14.2. The summed E-state index contributed by atoms with van der Waals surface area (Å²) in [6.45, 7) is 0. The first-order chi connectivity index (χ1) is 8.93. The fourth-order valence-electron chi connectivity index (χ4n) is 1.72. The van der Waals surface area contributed by atoms with Gasteiger partial charge in [0.1, 0.15) is 4.34 Å². The van der Waals surface area contributed by atoms with Crippen LogP contribution in [0.2, 0.25) is 4.34 Å². The second kappa shape index (κ2) is 5.83. The van der Waals surface area contributed by atoms with Gasteiger partial charge in [0.2, 0.25) is 0 Å². The summed E-state index contributed by atoms with van der Waals surface area (Å²) in [5.74, 6) is -3.89. The molecule has 2 rings (SSSR count). The van der Waals surface area contributed by atoms with Gasteiger partial charge in [0.05, 0.1) is 6.04 Å². The molecule has 0 bridgehead atoms. The van der Waals surface area contributed by atoms with Crippen LogP contribution < -0.4 is 5.32 Å². The summed E-state index contributed by atoms with van der Waals surface area (Å²) in [5.41, 5.74) is 0.296. The predicted molar refractivity (Wildman–Crippen MR) is 74.2 cm³/mol. The SMILES string of the molecule is CNC(c1cc(F)c(F)c(F)c1)c1cc(Br)c(Cl)s1. The lowest BCUT2D eigenvalue weighted by Gasteiger charge is -2.15. The van der Waals surface area contributed by atoms with E-state index in [1.165, 1.54) is 11.3 Å². The minimum atomic E-state index is -1.47. The van der Waals surface area contributed by atoms with Gasteiger partial charge in [-0.15, -0.1) is 11.3 Å². The molecule has 0 aliphatic carbocycles. The summed E-state index contributed by atoms with van der Waals surface area (Å²) in [6.07, 6.45) is 0. The molecule has 1 aromatic heterocycles. The molecule has 0 radical (unpaired) electrons. The van der Waals surface area contributed by atoms with Crippen molar-refractivity contribution in [2.75, 3.05) is 7.05 Å². The number of rotatable bonds is 3. The van der Waals surface area contributed by atoms with Crippen molar-refractivity contribution < 1.29 is 13.2 Å². The van der Waals surface area contributed by atoms with E-state index in [4.69, 9.17) is 11.6 Å². The van der Waals surface area contributed by atoms with Crippen LogP contribution in [-0.2, 0) is 0 Å². The fourth-order valence-corrected chi connectivity index (χ4v) is 3.60. The standard InChI is InChI=1S/C12H8BrClF3NS/c1-18-11(9-4-6(13)12(14)19-9)5-2-7(15)10(17)8(16)3-5/h2-4,11,18H,1H3. The van der Waals surface area contributed by atoms with Crippen LogP contribution in [0.25, 0.3) is 0 Å². The van der Waals surface area contributed by atoms with Crippen LogP contribution in [0.4, 0.5) is 13.2 Å². The maximum absolute atomic E-state index is 13.3. The zero-order valence-electron chi connectivity index (χ0n) is 9.61. The molecule has 0 fully saturated rings. The number of thiophene rings is 1. The number of halogens is 5. The number of nitrogens with one attached hydrogen (secondary N) is 1. The van der Waals surface area contributed by atoms with E-state index in [0.717, 1.165) is 17.0 Å². The molecule has 102 valence electrons. The van der Waals surface area contributed by atoms with Crippen molar-refractivity contribution in [3.8, 4) is 0 Å². The highest BCUT2D eigenvalue weighted by molar-refractivity contribution is 9.10. The second-order valence-corrected chi connectivity index (χ2v) is 6.33. The van der Waals surface area contributed by atoms with Crippen LogP contribution in [0.1, 0.15) is 16.5 Å². The second-order valence-electron chi connectivity index (χ2n) is 3.79. The fraction of sp³-hybridized carbons (Fsp3) is 0.167. The lowest BCUT2D eigenvalue weighted by Crippen LogP contribution is -2.17. The van der Waals surface area contributed by atoms with E-state index >= 15 is 0 Å². The van der Waals surface area contributed by atoms with Crippen molar-refractivity contribution in [1.29, 1.82) is 0 Å². The average molecular weight is 371 g/mol. The summed E-state index contributed by atoms with van der Waals surface area (Å²) in [5, 5.41) is 2.92. The van der Waals surface area contributed by atoms with E-state index in [1.807, 2.05) is 0 Å². The Morgan fingerprint density at radius 1 is 1.21 bits per heavy atom. The molecule has 0 amide bonds. The van der Waals surface area contributed by atoms with Gasteiger partial charge in [-0.1, -0.05) is 11.6 Å². The number of hydrogen-bond acceptors (Lipinski definition) is 2. The molecular formula is C12H8BrClF3NS. The highest BCUT2D eigenvalue weighted by Gasteiger charge is 2.20. The molecular weight excluding hydrogens is 363 g/mol. The molecule has 7 heteroatoms. The first kappa shape index (κ1) is 14.8. The third-order valence-corrected chi connectivity index (χ3v) is 5.12. The Hall–Kier alpha value is -0.560. The Morgan fingerprint density at radius 2 is 1.79 bits per heavy atom. The summed E-state index contributed by atoms with van der Waals surface area (Å²) in [6, 6.07) is 3.24. The van der Waals surface area contributed by atoms with Gasteiger partial charge in [0, 0.05) is 9.35 Å². The zero-order valence-corrected chi connectivity index (χ0v) is 12.8. The molecule has 0 spiro atoms. The van der Waals surface area contributed by atoms with Crippen LogP contribution in [0.3, 0.4) is 0 Å². The highest BCUT2D eigenvalue weighted by Crippen LogP contribution is 2.37. The summed E-state index contributed by atoms with van der Waals surface area (Å²) < 4.78 is 40.7. The molecule has 1 unspecified atom stereocenters. The Labute approximate surface area is 125 Å². The Balaban J connectivity index is 2.48. The molecule has 0 aliphatic heterocycles. The summed E-state index contributed by atoms with van der Waals surface area (Å²) in [7, 11) is 1.64. The Morgan fingerprint density at radius 3 is 2.21 bits per heavy atom. The topological polar surface area (TPSA) is 12.0 Å². The van der Waals surface area contributed by atoms with Crippen LogP contribution in [0.15, 0.2) is 22.7 Å². The van der Waals surface area contributed by atoms with Crippen molar-refractivity contribution in [1.82, 2.24) is 5.32 Å². The maximum Gasteiger partial charge on any atom is 0.194 e. The molecule has 0 saturated heterocycles. The summed E-state index contributed by atoms with van der Waals surface area (Å²) in [4.78, 5) is 0.768.